The highest BCUT2D eigenvalue weighted by atomic mass is 32.1. The topological polar surface area (TPSA) is 71.2 Å². The standard InChI is InChI=1S/C23H26FN7S/c1-13-11-31-12-14(7-16(24)19(31)26-13)18-25-10-17-20(28-18)32-21(27-17)30(4)15-8-22(2)5-6-23(3,9-15)29-22/h7,10-12,15,29H,5-6,8-9H2,1-4H3/t15-,22+,23-. The number of imidazole rings is 1. The maximum absolute atomic E-state index is 14.5. The number of anilines is 1. The Bertz CT molecular complexity index is 1350. The molecule has 0 unspecified atom stereocenters. The third kappa shape index (κ3) is 3.17. The highest BCUT2D eigenvalue weighted by molar-refractivity contribution is 7.21. The van der Waals surface area contributed by atoms with Gasteiger partial charge in [0.2, 0.25) is 0 Å². The van der Waals surface area contributed by atoms with Crippen molar-refractivity contribution in [2.75, 3.05) is 11.9 Å². The number of thiazole rings is 1. The Balaban J connectivity index is 1.33. The molecule has 7 nitrogen and oxygen atoms in total. The van der Waals surface area contributed by atoms with Crippen LogP contribution in [0, 0.1) is 12.7 Å². The zero-order valence-electron chi connectivity index (χ0n) is 18.7. The molecule has 4 aromatic heterocycles. The molecule has 0 aromatic carbocycles. The van der Waals surface area contributed by atoms with Crippen molar-refractivity contribution in [3.8, 4) is 11.4 Å². The second-order valence-electron chi connectivity index (χ2n) is 9.99. The summed E-state index contributed by atoms with van der Waals surface area (Å²) in [6.45, 7) is 6.52. The first kappa shape index (κ1) is 20.0. The lowest BCUT2D eigenvalue weighted by Crippen LogP contribution is -2.58. The molecular formula is C23H26FN7S. The Hall–Kier alpha value is -2.65. The number of pyridine rings is 1. The molecule has 2 bridgehead atoms. The minimum absolute atomic E-state index is 0.198. The minimum Gasteiger partial charge on any atom is -0.348 e. The van der Waals surface area contributed by atoms with Crippen LogP contribution in [0.3, 0.4) is 0 Å². The lowest BCUT2D eigenvalue weighted by atomic mass is 9.84. The predicted octanol–water partition coefficient (Wildman–Crippen LogP) is 4.35. The van der Waals surface area contributed by atoms with Crippen LogP contribution >= 0.6 is 11.3 Å². The molecule has 3 atom stereocenters. The SMILES string of the molecule is Cc1cn2cc(-c3ncc4nc(N(C)[C@@H]5C[C@]6(C)CC[C@](C)(C5)N6)sc4n3)cc(F)c2n1. The van der Waals surface area contributed by atoms with Gasteiger partial charge >= 0.3 is 0 Å². The third-order valence-electron chi connectivity index (χ3n) is 7.08. The van der Waals surface area contributed by atoms with Crippen LogP contribution in [-0.2, 0) is 0 Å². The van der Waals surface area contributed by atoms with Crippen LogP contribution in [0.1, 0.15) is 45.2 Å². The number of hydrogen-bond acceptors (Lipinski definition) is 7. The summed E-state index contributed by atoms with van der Waals surface area (Å²) in [5.74, 6) is 0.106. The second-order valence-corrected chi connectivity index (χ2v) is 10.9. The fourth-order valence-corrected chi connectivity index (χ4v) is 6.51. The Morgan fingerprint density at radius 1 is 1.16 bits per heavy atom. The van der Waals surface area contributed by atoms with E-state index in [0.29, 0.717) is 23.1 Å². The molecule has 0 saturated carbocycles. The Morgan fingerprint density at radius 3 is 2.66 bits per heavy atom. The Morgan fingerprint density at radius 2 is 1.91 bits per heavy atom. The van der Waals surface area contributed by atoms with E-state index in [-0.39, 0.29) is 16.9 Å². The van der Waals surface area contributed by atoms with E-state index < -0.39 is 0 Å². The maximum Gasteiger partial charge on any atom is 0.187 e. The maximum atomic E-state index is 14.5. The molecule has 0 aliphatic carbocycles. The van der Waals surface area contributed by atoms with Crippen molar-refractivity contribution in [3.05, 3.63) is 36.2 Å². The van der Waals surface area contributed by atoms with Crippen LogP contribution in [0.5, 0.6) is 0 Å². The van der Waals surface area contributed by atoms with Gasteiger partial charge in [-0.1, -0.05) is 11.3 Å². The number of nitrogens with one attached hydrogen (secondary N) is 1. The molecule has 6 heterocycles. The van der Waals surface area contributed by atoms with Crippen LogP contribution < -0.4 is 10.2 Å². The van der Waals surface area contributed by atoms with Crippen molar-refractivity contribution < 1.29 is 4.39 Å². The van der Waals surface area contributed by atoms with E-state index in [0.717, 1.165) is 34.0 Å². The summed E-state index contributed by atoms with van der Waals surface area (Å²) in [5.41, 5.74) is 2.87. The number of piperidine rings is 1. The van der Waals surface area contributed by atoms with Crippen LogP contribution in [0.2, 0.25) is 0 Å². The van der Waals surface area contributed by atoms with Gasteiger partial charge in [-0.25, -0.2) is 24.3 Å². The van der Waals surface area contributed by atoms with E-state index in [9.17, 15) is 4.39 Å². The third-order valence-corrected chi connectivity index (χ3v) is 8.13. The smallest absolute Gasteiger partial charge is 0.187 e. The number of rotatable bonds is 3. The van der Waals surface area contributed by atoms with Gasteiger partial charge < -0.3 is 14.6 Å². The van der Waals surface area contributed by atoms with Gasteiger partial charge in [0.25, 0.3) is 0 Å². The van der Waals surface area contributed by atoms with Gasteiger partial charge in [-0.15, -0.1) is 0 Å². The van der Waals surface area contributed by atoms with E-state index in [2.05, 4.69) is 41.1 Å². The number of hydrogen-bond donors (Lipinski definition) is 1. The van der Waals surface area contributed by atoms with Gasteiger partial charge in [-0.2, -0.15) is 0 Å². The summed E-state index contributed by atoms with van der Waals surface area (Å²) in [6.07, 6.45) is 10.0. The first-order valence-corrected chi connectivity index (χ1v) is 11.8. The van der Waals surface area contributed by atoms with Crippen LogP contribution in [0.15, 0.2) is 24.7 Å². The molecule has 2 aliphatic heterocycles. The summed E-state index contributed by atoms with van der Waals surface area (Å²) < 4.78 is 16.2. The van der Waals surface area contributed by atoms with E-state index >= 15 is 0 Å². The highest BCUT2D eigenvalue weighted by Gasteiger charge is 2.49. The van der Waals surface area contributed by atoms with Crippen molar-refractivity contribution in [3.63, 3.8) is 0 Å². The Labute approximate surface area is 189 Å². The molecule has 0 radical (unpaired) electrons. The van der Waals surface area contributed by atoms with Crippen LogP contribution in [0.4, 0.5) is 9.52 Å². The first-order valence-electron chi connectivity index (χ1n) is 11.0. The largest absolute Gasteiger partial charge is 0.348 e. The molecule has 6 rings (SSSR count). The van der Waals surface area contributed by atoms with Gasteiger partial charge in [-0.3, -0.25) is 0 Å². The highest BCUT2D eigenvalue weighted by Crippen LogP contribution is 2.44. The number of fused-ring (bicyclic) bond motifs is 4. The number of aryl methyl sites for hydroxylation is 1. The fourth-order valence-electron chi connectivity index (χ4n) is 5.57. The van der Waals surface area contributed by atoms with E-state index in [4.69, 9.17) is 9.97 Å². The van der Waals surface area contributed by atoms with Crippen molar-refractivity contribution >= 4 is 32.5 Å². The number of nitrogens with zero attached hydrogens (tertiary/aromatic N) is 6. The lowest BCUT2D eigenvalue weighted by molar-refractivity contribution is 0.208. The lowest BCUT2D eigenvalue weighted by Gasteiger charge is -2.45. The van der Waals surface area contributed by atoms with E-state index in [1.54, 1.807) is 28.1 Å². The second kappa shape index (κ2) is 6.68. The average Bonchev–Trinajstić information content (AvgIpc) is 3.39. The monoisotopic (exact) mass is 451 g/mol. The summed E-state index contributed by atoms with van der Waals surface area (Å²) in [5, 5.41) is 4.80. The zero-order chi connectivity index (χ0) is 22.3. The average molecular weight is 452 g/mol. The summed E-state index contributed by atoms with van der Waals surface area (Å²) in [7, 11) is 2.14. The van der Waals surface area contributed by atoms with Gasteiger partial charge in [0.15, 0.2) is 22.4 Å². The molecule has 2 fully saturated rings. The Kier molecular flexibility index (Phi) is 4.17. The van der Waals surface area contributed by atoms with Gasteiger partial charge in [0, 0.05) is 42.1 Å². The molecular weight excluding hydrogens is 425 g/mol. The predicted molar refractivity (Wildman–Crippen MR) is 125 cm³/mol. The molecule has 2 aliphatic rings. The fraction of sp³-hybridized carbons (Fsp3) is 0.478. The minimum atomic E-state index is -0.383. The van der Waals surface area contributed by atoms with Crippen LogP contribution in [0.25, 0.3) is 27.4 Å². The van der Waals surface area contributed by atoms with Crippen molar-refractivity contribution in [2.24, 2.45) is 0 Å². The number of aromatic nitrogens is 5. The quantitative estimate of drug-likeness (QED) is 0.499. The summed E-state index contributed by atoms with van der Waals surface area (Å²) in [6, 6.07) is 1.88. The molecule has 4 aromatic rings. The van der Waals surface area contributed by atoms with Gasteiger partial charge in [0.1, 0.15) is 10.3 Å². The normalized spacial score (nSPS) is 27.5. The van der Waals surface area contributed by atoms with Gasteiger partial charge in [-0.05, 0) is 52.5 Å². The summed E-state index contributed by atoms with van der Waals surface area (Å²) >= 11 is 1.57. The summed E-state index contributed by atoms with van der Waals surface area (Å²) in [4.78, 5) is 21.4. The molecule has 0 amide bonds. The first-order chi connectivity index (χ1) is 15.2. The number of halogens is 1. The van der Waals surface area contributed by atoms with Crippen molar-refractivity contribution in [1.82, 2.24) is 29.7 Å². The molecule has 0 spiro atoms. The van der Waals surface area contributed by atoms with Crippen molar-refractivity contribution in [1.29, 1.82) is 0 Å². The zero-order valence-corrected chi connectivity index (χ0v) is 19.5. The molecule has 1 N–H and O–H groups in total. The molecule has 9 heteroatoms. The van der Waals surface area contributed by atoms with Gasteiger partial charge in [0.05, 0.1) is 11.9 Å². The van der Waals surface area contributed by atoms with E-state index in [1.807, 2.05) is 13.1 Å². The molecule has 32 heavy (non-hydrogen) atoms. The van der Waals surface area contributed by atoms with Crippen LogP contribution in [-0.4, -0.2) is 48.5 Å². The molecule has 2 saturated heterocycles. The molecule has 166 valence electrons. The van der Waals surface area contributed by atoms with E-state index in [1.165, 1.54) is 18.9 Å². The van der Waals surface area contributed by atoms with Crippen molar-refractivity contribution in [2.45, 2.75) is 63.6 Å².